The number of phenolic OH excluding ortho intramolecular Hbond substituents is 1. The average molecular weight is 356 g/mol. The molecule has 25 heavy (non-hydrogen) atoms. The van der Waals surface area contributed by atoms with Gasteiger partial charge in [0.25, 0.3) is 5.56 Å². The summed E-state index contributed by atoms with van der Waals surface area (Å²) in [5.74, 6) is -1.26. The Balaban J connectivity index is 2.03. The van der Waals surface area contributed by atoms with Gasteiger partial charge in [-0.15, -0.1) is 11.3 Å². The van der Waals surface area contributed by atoms with Crippen LogP contribution in [0.2, 0.25) is 0 Å². The zero-order chi connectivity index (χ0) is 17.7. The number of halogens is 1. The second kappa shape index (κ2) is 5.52. The number of aromatic hydroxyl groups is 1. The van der Waals surface area contributed by atoms with Crippen LogP contribution in [0, 0.1) is 5.82 Å². The molecule has 3 aromatic heterocycles. The number of pyridine rings is 1. The van der Waals surface area contributed by atoms with Gasteiger partial charge < -0.3 is 10.0 Å². The molecule has 1 N–H and O–H groups in total. The van der Waals surface area contributed by atoms with Gasteiger partial charge in [-0.05, 0) is 18.2 Å². The van der Waals surface area contributed by atoms with Gasteiger partial charge in [0, 0.05) is 26.4 Å². The lowest BCUT2D eigenvalue weighted by Gasteiger charge is -2.13. The lowest BCUT2D eigenvalue weighted by molar-refractivity contribution is 0.432. The van der Waals surface area contributed by atoms with E-state index in [4.69, 9.17) is 0 Å². The summed E-state index contributed by atoms with van der Waals surface area (Å²) in [6.45, 7) is 0. The van der Waals surface area contributed by atoms with Crippen molar-refractivity contribution >= 4 is 37.5 Å². The Morgan fingerprint density at radius 1 is 1.24 bits per heavy atom. The van der Waals surface area contributed by atoms with Gasteiger partial charge in [0.15, 0.2) is 11.6 Å². The second-order valence-electron chi connectivity index (χ2n) is 5.74. The predicted octanol–water partition coefficient (Wildman–Crippen LogP) is 2.91. The van der Waals surface area contributed by atoms with Crippen molar-refractivity contribution in [2.75, 3.05) is 19.0 Å². The first-order chi connectivity index (χ1) is 12.0. The molecule has 0 spiro atoms. The van der Waals surface area contributed by atoms with Crippen LogP contribution in [-0.2, 0) is 0 Å². The number of rotatable bonds is 2. The van der Waals surface area contributed by atoms with Crippen LogP contribution in [0.1, 0.15) is 0 Å². The third kappa shape index (κ3) is 2.33. The molecule has 0 amide bonds. The molecule has 0 saturated carbocycles. The summed E-state index contributed by atoms with van der Waals surface area (Å²) in [6, 6.07) is 5.64. The number of anilines is 1. The zero-order valence-electron chi connectivity index (χ0n) is 13.4. The Morgan fingerprint density at radius 3 is 2.76 bits per heavy atom. The van der Waals surface area contributed by atoms with Crippen LogP contribution in [0.3, 0.4) is 0 Å². The number of nitrogens with zero attached hydrogens (tertiary/aromatic N) is 4. The fraction of sp³-hybridized carbons (Fsp3) is 0.118. The Hall–Kier alpha value is -3.00. The highest BCUT2D eigenvalue weighted by molar-refractivity contribution is 7.25. The summed E-state index contributed by atoms with van der Waals surface area (Å²) in [5.41, 5.74) is 1.50. The maximum atomic E-state index is 13.6. The van der Waals surface area contributed by atoms with Crippen molar-refractivity contribution in [1.82, 2.24) is 14.5 Å². The maximum Gasteiger partial charge on any atom is 0.275 e. The smallest absolute Gasteiger partial charge is 0.275 e. The molecular weight excluding hydrogens is 343 g/mol. The van der Waals surface area contributed by atoms with Gasteiger partial charge in [-0.2, -0.15) is 0 Å². The molecule has 0 radical (unpaired) electrons. The normalized spacial score (nSPS) is 11.3. The van der Waals surface area contributed by atoms with E-state index in [-0.39, 0.29) is 5.56 Å². The number of benzene rings is 1. The standard InChI is InChI=1S/C17H13FN4O2S/c1-21(2)11-5-6-19-16-13(11)14-15(25-16)17(24)22(8-20-14)9-3-4-12(23)10(18)7-9/h3-8,23H,1-2H3. The molecule has 8 heteroatoms. The first kappa shape index (κ1) is 15.5. The highest BCUT2D eigenvalue weighted by Crippen LogP contribution is 2.35. The van der Waals surface area contributed by atoms with Crippen molar-refractivity contribution in [3.8, 4) is 11.4 Å². The zero-order valence-corrected chi connectivity index (χ0v) is 14.2. The fourth-order valence-corrected chi connectivity index (χ4v) is 3.79. The number of fused-ring (bicyclic) bond motifs is 3. The highest BCUT2D eigenvalue weighted by atomic mass is 32.1. The largest absolute Gasteiger partial charge is 0.505 e. The Labute approximate surface area is 145 Å². The van der Waals surface area contributed by atoms with Crippen LogP contribution >= 0.6 is 11.3 Å². The van der Waals surface area contributed by atoms with Gasteiger partial charge in [0.05, 0.1) is 22.3 Å². The quantitative estimate of drug-likeness (QED) is 0.598. The summed E-state index contributed by atoms with van der Waals surface area (Å²) < 4.78 is 15.3. The van der Waals surface area contributed by atoms with Crippen LogP contribution in [-0.4, -0.2) is 33.7 Å². The molecule has 1 aromatic carbocycles. The predicted molar refractivity (Wildman–Crippen MR) is 96.5 cm³/mol. The third-order valence-corrected chi connectivity index (χ3v) is 5.03. The molecule has 0 atom stereocenters. The van der Waals surface area contributed by atoms with Gasteiger partial charge >= 0.3 is 0 Å². The Bertz CT molecular complexity index is 1180. The molecule has 0 unspecified atom stereocenters. The fourth-order valence-electron chi connectivity index (χ4n) is 2.74. The van der Waals surface area contributed by atoms with Crippen molar-refractivity contribution in [3.63, 3.8) is 0 Å². The van der Waals surface area contributed by atoms with E-state index in [1.807, 2.05) is 25.1 Å². The van der Waals surface area contributed by atoms with Gasteiger partial charge in [-0.25, -0.2) is 14.4 Å². The number of aromatic nitrogens is 3. The van der Waals surface area contributed by atoms with E-state index in [1.165, 1.54) is 34.4 Å². The molecule has 126 valence electrons. The van der Waals surface area contributed by atoms with Gasteiger partial charge in [0.1, 0.15) is 15.9 Å². The molecule has 0 saturated heterocycles. The molecule has 4 aromatic rings. The van der Waals surface area contributed by atoms with Crippen molar-refractivity contribution < 1.29 is 9.50 Å². The number of thiophene rings is 1. The van der Waals surface area contributed by atoms with Gasteiger partial charge in [-0.1, -0.05) is 0 Å². The van der Waals surface area contributed by atoms with Crippen molar-refractivity contribution in [1.29, 1.82) is 0 Å². The summed E-state index contributed by atoms with van der Waals surface area (Å²) >= 11 is 1.26. The lowest BCUT2D eigenvalue weighted by atomic mass is 10.2. The third-order valence-electron chi connectivity index (χ3n) is 3.95. The van der Waals surface area contributed by atoms with E-state index < -0.39 is 11.6 Å². The molecule has 0 aliphatic rings. The van der Waals surface area contributed by atoms with Crippen molar-refractivity contribution in [3.05, 3.63) is 53.0 Å². The van der Waals surface area contributed by atoms with Crippen LogP contribution in [0.5, 0.6) is 5.75 Å². The minimum Gasteiger partial charge on any atom is -0.505 e. The summed E-state index contributed by atoms with van der Waals surface area (Å²) in [5, 5.41) is 10.1. The maximum absolute atomic E-state index is 13.6. The first-order valence-electron chi connectivity index (χ1n) is 7.42. The molecular formula is C17H13FN4O2S. The van der Waals surface area contributed by atoms with Crippen LogP contribution in [0.4, 0.5) is 10.1 Å². The first-order valence-corrected chi connectivity index (χ1v) is 8.24. The highest BCUT2D eigenvalue weighted by Gasteiger charge is 2.17. The van der Waals surface area contributed by atoms with E-state index >= 15 is 0 Å². The summed E-state index contributed by atoms with van der Waals surface area (Å²) in [7, 11) is 3.83. The van der Waals surface area contributed by atoms with E-state index in [1.54, 1.807) is 6.20 Å². The van der Waals surface area contributed by atoms with Gasteiger partial charge in [0.2, 0.25) is 0 Å². The van der Waals surface area contributed by atoms with E-state index in [2.05, 4.69) is 9.97 Å². The van der Waals surface area contributed by atoms with E-state index in [9.17, 15) is 14.3 Å². The topological polar surface area (TPSA) is 71.2 Å². The van der Waals surface area contributed by atoms with E-state index in [0.717, 1.165) is 22.0 Å². The van der Waals surface area contributed by atoms with Crippen LogP contribution in [0.25, 0.3) is 26.1 Å². The molecule has 3 heterocycles. The Morgan fingerprint density at radius 2 is 2.04 bits per heavy atom. The number of phenols is 1. The van der Waals surface area contributed by atoms with E-state index in [0.29, 0.717) is 15.9 Å². The van der Waals surface area contributed by atoms with Crippen molar-refractivity contribution in [2.45, 2.75) is 0 Å². The molecule has 0 aliphatic heterocycles. The monoisotopic (exact) mass is 356 g/mol. The Kier molecular flexibility index (Phi) is 3.43. The molecule has 4 rings (SSSR count). The van der Waals surface area contributed by atoms with Crippen LogP contribution < -0.4 is 10.5 Å². The number of hydrogen-bond donors (Lipinski definition) is 1. The second-order valence-corrected chi connectivity index (χ2v) is 6.74. The van der Waals surface area contributed by atoms with Crippen LogP contribution in [0.15, 0.2) is 41.6 Å². The molecule has 0 aliphatic carbocycles. The minimum absolute atomic E-state index is 0.299. The lowest BCUT2D eigenvalue weighted by Crippen LogP contribution is -2.18. The summed E-state index contributed by atoms with van der Waals surface area (Å²) in [4.78, 5) is 24.3. The van der Waals surface area contributed by atoms with Crippen molar-refractivity contribution in [2.24, 2.45) is 0 Å². The molecule has 0 fully saturated rings. The molecule has 0 bridgehead atoms. The van der Waals surface area contributed by atoms with Gasteiger partial charge in [-0.3, -0.25) is 9.36 Å². The average Bonchev–Trinajstić information content (AvgIpc) is 2.97. The SMILES string of the molecule is CN(C)c1ccnc2sc3c(=O)n(-c4ccc(O)c(F)c4)cnc3c12. The minimum atomic E-state index is -0.794. The number of hydrogen-bond acceptors (Lipinski definition) is 6. The summed E-state index contributed by atoms with van der Waals surface area (Å²) in [6.07, 6.45) is 3.07. The molecule has 6 nitrogen and oxygen atoms in total.